The van der Waals surface area contributed by atoms with Crippen molar-refractivity contribution >= 4 is 24.1 Å². The minimum atomic E-state index is -4.52. The molecule has 0 unspecified atom stereocenters. The van der Waals surface area contributed by atoms with Crippen LogP contribution in [-0.2, 0) is 6.18 Å². The Morgan fingerprint density at radius 2 is 2.06 bits per heavy atom. The van der Waals surface area contributed by atoms with Crippen LogP contribution in [0.2, 0.25) is 0 Å². The van der Waals surface area contributed by atoms with Crippen LogP contribution in [0, 0.1) is 5.41 Å². The third-order valence-corrected chi connectivity index (χ3v) is 2.02. The first-order chi connectivity index (χ1) is 7.90. The van der Waals surface area contributed by atoms with Crippen LogP contribution < -0.4 is 10.6 Å². The molecule has 1 rings (SSSR count). The number of nitrogens with zero attached hydrogens (tertiary/aromatic N) is 2. The Morgan fingerprint density at radius 1 is 1.41 bits per heavy atom. The fourth-order valence-electron chi connectivity index (χ4n) is 1.25. The first-order valence-electron chi connectivity index (χ1n) is 4.58. The summed E-state index contributed by atoms with van der Waals surface area (Å²) in [7, 11) is 1.46. The number of nitrogen functional groups attached to an aromatic ring is 1. The second-order valence-electron chi connectivity index (χ2n) is 3.18. The van der Waals surface area contributed by atoms with Gasteiger partial charge in [-0.1, -0.05) is 0 Å². The zero-order chi connectivity index (χ0) is 13.1. The van der Waals surface area contributed by atoms with E-state index in [2.05, 4.69) is 4.99 Å². The van der Waals surface area contributed by atoms with Gasteiger partial charge < -0.3 is 5.73 Å². The summed E-state index contributed by atoms with van der Waals surface area (Å²) in [6.07, 6.45) is -2.42. The number of nitrogens with one attached hydrogen (secondary N) is 1. The summed E-state index contributed by atoms with van der Waals surface area (Å²) in [5.41, 5.74) is 4.16. The van der Waals surface area contributed by atoms with Crippen molar-refractivity contribution in [3.8, 4) is 0 Å². The number of nitrogens with two attached hydrogens (primary N) is 1. The molecule has 7 heteroatoms. The van der Waals surface area contributed by atoms with Crippen molar-refractivity contribution in [1.82, 2.24) is 0 Å². The molecule has 4 nitrogen and oxygen atoms in total. The minimum Gasteiger partial charge on any atom is -0.398 e. The molecule has 0 bridgehead atoms. The van der Waals surface area contributed by atoms with Gasteiger partial charge in [0, 0.05) is 18.4 Å². The molecule has 3 N–H and O–H groups in total. The summed E-state index contributed by atoms with van der Waals surface area (Å²) in [5.74, 6) is 0. The highest BCUT2D eigenvalue weighted by Crippen LogP contribution is 2.35. The predicted molar refractivity (Wildman–Crippen MR) is 61.5 cm³/mol. The molecule has 0 saturated heterocycles. The second kappa shape index (κ2) is 4.86. The number of alkyl halides is 3. The topological polar surface area (TPSA) is 65.5 Å². The maximum atomic E-state index is 12.6. The number of hydrogen-bond acceptors (Lipinski definition) is 3. The Bertz CT molecular complexity index is 440. The lowest BCUT2D eigenvalue weighted by Gasteiger charge is -2.16. The van der Waals surface area contributed by atoms with Crippen LogP contribution in [0.1, 0.15) is 5.56 Å². The first-order valence-corrected chi connectivity index (χ1v) is 4.58. The second-order valence-corrected chi connectivity index (χ2v) is 3.18. The molecule has 0 aliphatic carbocycles. The number of hydrogen-bond donors (Lipinski definition) is 2. The van der Waals surface area contributed by atoms with Gasteiger partial charge in [0.15, 0.2) is 0 Å². The maximum Gasteiger partial charge on any atom is 0.418 e. The summed E-state index contributed by atoms with van der Waals surface area (Å²) in [5, 5.41) is 7.08. The molecule has 0 spiro atoms. The third-order valence-electron chi connectivity index (χ3n) is 2.02. The van der Waals surface area contributed by atoms with Gasteiger partial charge in [0.25, 0.3) is 0 Å². The van der Waals surface area contributed by atoms with Gasteiger partial charge in [0.05, 0.1) is 18.2 Å². The van der Waals surface area contributed by atoms with Gasteiger partial charge in [-0.15, -0.1) is 0 Å². The molecule has 0 aliphatic heterocycles. The van der Waals surface area contributed by atoms with Gasteiger partial charge in [-0.05, 0) is 18.2 Å². The Labute approximate surface area is 96.1 Å². The standard InChI is InChI=1S/C10H11F3N4/c1-16-6-17(5-14)7-2-3-9(15)8(4-7)10(11,12)13/h2-6,14H,15H2,1H3. The van der Waals surface area contributed by atoms with Crippen molar-refractivity contribution in [1.29, 1.82) is 5.41 Å². The summed E-state index contributed by atoms with van der Waals surface area (Å²) in [6, 6.07) is 3.41. The summed E-state index contributed by atoms with van der Waals surface area (Å²) in [4.78, 5) is 4.78. The molecular formula is C10H11F3N4. The molecule has 1 aromatic carbocycles. The van der Waals surface area contributed by atoms with Gasteiger partial charge in [0.2, 0.25) is 0 Å². The lowest BCUT2D eigenvalue weighted by atomic mass is 10.1. The third kappa shape index (κ3) is 2.96. The summed E-state index contributed by atoms with van der Waals surface area (Å²) in [6.45, 7) is 0. The Kier molecular flexibility index (Phi) is 3.72. The van der Waals surface area contributed by atoms with E-state index in [1.54, 1.807) is 0 Å². The first kappa shape index (κ1) is 13.0. The molecule has 92 valence electrons. The van der Waals surface area contributed by atoms with Gasteiger partial charge in [0.1, 0.15) is 0 Å². The molecular weight excluding hydrogens is 233 g/mol. The maximum absolute atomic E-state index is 12.6. The smallest absolute Gasteiger partial charge is 0.398 e. The van der Waals surface area contributed by atoms with Crippen molar-refractivity contribution in [3.05, 3.63) is 23.8 Å². The summed E-state index contributed by atoms with van der Waals surface area (Å²) < 4.78 is 37.8. The molecule has 0 atom stereocenters. The van der Waals surface area contributed by atoms with Gasteiger partial charge in [-0.2, -0.15) is 13.2 Å². The molecule has 17 heavy (non-hydrogen) atoms. The zero-order valence-corrected chi connectivity index (χ0v) is 8.99. The van der Waals surface area contributed by atoms with Crippen LogP contribution in [0.5, 0.6) is 0 Å². The average Bonchev–Trinajstić information content (AvgIpc) is 2.25. The molecule has 0 saturated carbocycles. The van der Waals surface area contributed by atoms with E-state index < -0.39 is 11.7 Å². The predicted octanol–water partition coefficient (Wildman–Crippen LogP) is 2.36. The summed E-state index contributed by atoms with van der Waals surface area (Å²) >= 11 is 0. The number of benzene rings is 1. The highest BCUT2D eigenvalue weighted by Gasteiger charge is 2.33. The van der Waals surface area contributed by atoms with Gasteiger partial charge in [-0.25, -0.2) is 0 Å². The fourth-order valence-corrected chi connectivity index (χ4v) is 1.25. The van der Waals surface area contributed by atoms with Crippen molar-refractivity contribution < 1.29 is 13.2 Å². The monoisotopic (exact) mass is 244 g/mol. The average molecular weight is 244 g/mol. The van der Waals surface area contributed by atoms with E-state index in [0.717, 1.165) is 23.4 Å². The van der Waals surface area contributed by atoms with Crippen molar-refractivity contribution in [2.75, 3.05) is 17.7 Å². The molecule has 0 aliphatic rings. The fraction of sp³-hybridized carbons (Fsp3) is 0.200. The number of anilines is 2. The quantitative estimate of drug-likeness (QED) is 0.487. The van der Waals surface area contributed by atoms with E-state index in [-0.39, 0.29) is 11.4 Å². The van der Waals surface area contributed by atoms with E-state index in [1.807, 2.05) is 0 Å². The largest absolute Gasteiger partial charge is 0.418 e. The van der Waals surface area contributed by atoms with Crippen LogP contribution in [0.25, 0.3) is 0 Å². The van der Waals surface area contributed by atoms with E-state index in [0.29, 0.717) is 0 Å². The molecule has 1 aromatic rings. The van der Waals surface area contributed by atoms with E-state index >= 15 is 0 Å². The van der Waals surface area contributed by atoms with E-state index in [1.165, 1.54) is 19.5 Å². The van der Waals surface area contributed by atoms with Crippen LogP contribution in [0.3, 0.4) is 0 Å². The van der Waals surface area contributed by atoms with Crippen LogP contribution >= 0.6 is 0 Å². The number of aliphatic imine (C=N–C) groups is 1. The Morgan fingerprint density at radius 3 is 2.53 bits per heavy atom. The highest BCUT2D eigenvalue weighted by molar-refractivity contribution is 5.98. The normalized spacial score (nSPS) is 11.8. The minimum absolute atomic E-state index is 0.173. The number of halogens is 3. The Hall–Kier alpha value is -2.05. The lowest BCUT2D eigenvalue weighted by Crippen LogP contribution is -2.19. The molecule has 0 amide bonds. The molecule has 0 aromatic heterocycles. The molecule has 0 radical (unpaired) electrons. The van der Waals surface area contributed by atoms with Crippen LogP contribution in [-0.4, -0.2) is 19.7 Å². The number of rotatable bonds is 3. The van der Waals surface area contributed by atoms with Crippen LogP contribution in [0.15, 0.2) is 23.2 Å². The van der Waals surface area contributed by atoms with E-state index in [9.17, 15) is 13.2 Å². The molecule has 0 fully saturated rings. The SMILES string of the molecule is CN=CN(C=N)c1ccc(N)c(C(F)(F)F)c1. The molecule has 0 heterocycles. The van der Waals surface area contributed by atoms with Crippen LogP contribution in [0.4, 0.5) is 24.5 Å². The zero-order valence-electron chi connectivity index (χ0n) is 8.99. The lowest BCUT2D eigenvalue weighted by molar-refractivity contribution is -0.136. The van der Waals surface area contributed by atoms with E-state index in [4.69, 9.17) is 11.1 Å². The van der Waals surface area contributed by atoms with Gasteiger partial charge in [-0.3, -0.25) is 15.3 Å². The van der Waals surface area contributed by atoms with Crippen molar-refractivity contribution in [2.24, 2.45) is 4.99 Å². The highest BCUT2D eigenvalue weighted by atomic mass is 19.4. The van der Waals surface area contributed by atoms with Crippen molar-refractivity contribution in [2.45, 2.75) is 6.18 Å². The van der Waals surface area contributed by atoms with Crippen molar-refractivity contribution in [3.63, 3.8) is 0 Å². The Balaban J connectivity index is 3.25. The van der Waals surface area contributed by atoms with Gasteiger partial charge >= 0.3 is 6.18 Å².